The van der Waals surface area contributed by atoms with Crippen LogP contribution in [0.1, 0.15) is 57.7 Å². The van der Waals surface area contributed by atoms with Crippen LogP contribution in [0.3, 0.4) is 0 Å². The van der Waals surface area contributed by atoms with Crippen LogP contribution in [0.2, 0.25) is 0 Å². The van der Waals surface area contributed by atoms with E-state index in [2.05, 4.69) is 13.8 Å². The summed E-state index contributed by atoms with van der Waals surface area (Å²) in [5, 5.41) is 7.26. The molecule has 0 aliphatic heterocycles. The first-order valence-electron chi connectivity index (χ1n) is 9.09. The SMILES string of the molecule is CCCCC(CCC)n1cc(/C(N)=C/C=N)n(-c2ccc(F)cc2)c1=O. The van der Waals surface area contributed by atoms with Gasteiger partial charge in [0.15, 0.2) is 0 Å². The number of allylic oxidation sites excluding steroid dienone is 1. The molecule has 3 N–H and O–H groups in total. The van der Waals surface area contributed by atoms with Gasteiger partial charge in [-0.2, -0.15) is 0 Å². The zero-order chi connectivity index (χ0) is 19.1. The monoisotopic (exact) mass is 358 g/mol. The number of nitrogens with one attached hydrogen (secondary N) is 1. The summed E-state index contributed by atoms with van der Waals surface area (Å²) >= 11 is 0. The average Bonchev–Trinajstić information content (AvgIpc) is 2.97. The molecule has 1 heterocycles. The number of halogens is 1. The van der Waals surface area contributed by atoms with Crippen molar-refractivity contribution in [3.8, 4) is 5.69 Å². The Kier molecular flexibility index (Phi) is 6.95. The fraction of sp³-hybridized carbons (Fsp3) is 0.400. The molecular weight excluding hydrogens is 331 g/mol. The van der Waals surface area contributed by atoms with Crippen molar-refractivity contribution in [1.29, 1.82) is 5.41 Å². The van der Waals surface area contributed by atoms with Crippen LogP contribution in [-0.4, -0.2) is 15.3 Å². The average molecular weight is 358 g/mol. The highest BCUT2D eigenvalue weighted by Crippen LogP contribution is 2.23. The van der Waals surface area contributed by atoms with Gasteiger partial charge in [-0.15, -0.1) is 0 Å². The van der Waals surface area contributed by atoms with Crippen molar-refractivity contribution in [2.24, 2.45) is 5.73 Å². The van der Waals surface area contributed by atoms with Crippen molar-refractivity contribution in [1.82, 2.24) is 9.13 Å². The van der Waals surface area contributed by atoms with Crippen molar-refractivity contribution in [2.75, 3.05) is 0 Å². The van der Waals surface area contributed by atoms with E-state index >= 15 is 0 Å². The van der Waals surface area contributed by atoms with Crippen LogP contribution in [0.4, 0.5) is 4.39 Å². The summed E-state index contributed by atoms with van der Waals surface area (Å²) in [5.41, 5.74) is 7.29. The number of unbranched alkanes of at least 4 members (excludes halogenated alkanes) is 1. The minimum Gasteiger partial charge on any atom is -0.397 e. The minimum absolute atomic E-state index is 0.0979. The van der Waals surface area contributed by atoms with Gasteiger partial charge in [0.1, 0.15) is 5.82 Å². The number of benzene rings is 1. The Hall–Kier alpha value is -2.63. The first-order valence-corrected chi connectivity index (χ1v) is 9.09. The fourth-order valence-electron chi connectivity index (χ4n) is 3.14. The largest absolute Gasteiger partial charge is 0.397 e. The highest BCUT2D eigenvalue weighted by atomic mass is 19.1. The highest BCUT2D eigenvalue weighted by Gasteiger charge is 2.20. The molecule has 0 amide bonds. The number of nitrogens with two attached hydrogens (primary N) is 1. The third-order valence-corrected chi connectivity index (χ3v) is 4.46. The predicted molar refractivity (Wildman–Crippen MR) is 104 cm³/mol. The van der Waals surface area contributed by atoms with Gasteiger partial charge in [-0.1, -0.05) is 33.1 Å². The van der Waals surface area contributed by atoms with Crippen LogP contribution in [0.25, 0.3) is 11.4 Å². The predicted octanol–water partition coefficient (Wildman–Crippen LogP) is 4.26. The third-order valence-electron chi connectivity index (χ3n) is 4.46. The van der Waals surface area contributed by atoms with Gasteiger partial charge in [-0.05, 0) is 43.2 Å². The van der Waals surface area contributed by atoms with Gasteiger partial charge in [-0.3, -0.25) is 9.13 Å². The maximum atomic E-state index is 13.3. The van der Waals surface area contributed by atoms with Crippen LogP contribution in [0.5, 0.6) is 0 Å². The van der Waals surface area contributed by atoms with Crippen LogP contribution >= 0.6 is 0 Å². The van der Waals surface area contributed by atoms with Gasteiger partial charge in [0.2, 0.25) is 0 Å². The second-order valence-electron chi connectivity index (χ2n) is 6.39. The molecule has 0 fully saturated rings. The van der Waals surface area contributed by atoms with Gasteiger partial charge in [0, 0.05) is 18.5 Å². The third kappa shape index (κ3) is 4.31. The maximum absolute atomic E-state index is 13.3. The van der Waals surface area contributed by atoms with E-state index in [1.165, 1.54) is 22.8 Å². The molecule has 5 nitrogen and oxygen atoms in total. The summed E-state index contributed by atoms with van der Waals surface area (Å²) in [6.07, 6.45) is 9.20. The summed E-state index contributed by atoms with van der Waals surface area (Å²) in [6.45, 7) is 4.23. The molecule has 1 atom stereocenters. The van der Waals surface area contributed by atoms with Crippen molar-refractivity contribution in [3.63, 3.8) is 0 Å². The lowest BCUT2D eigenvalue weighted by Gasteiger charge is -2.16. The summed E-state index contributed by atoms with van der Waals surface area (Å²) in [4.78, 5) is 13.2. The molecule has 2 rings (SSSR count). The molecule has 26 heavy (non-hydrogen) atoms. The molecule has 0 aliphatic rings. The standard InChI is InChI=1S/C20H27FN4O/c1-3-5-7-16(6-4-2)24-14-19(18(23)12-13-22)25(20(24)26)17-10-8-15(21)9-11-17/h8-14,16,22H,3-7,23H2,1-2H3/b18-12-,22-13?. The molecule has 0 bridgehead atoms. The lowest BCUT2D eigenvalue weighted by atomic mass is 10.1. The number of hydrogen-bond acceptors (Lipinski definition) is 3. The second-order valence-corrected chi connectivity index (χ2v) is 6.39. The second kappa shape index (κ2) is 9.17. The van der Waals surface area contributed by atoms with Crippen LogP contribution < -0.4 is 11.4 Å². The van der Waals surface area contributed by atoms with Crippen molar-refractivity contribution >= 4 is 11.9 Å². The zero-order valence-corrected chi connectivity index (χ0v) is 15.4. The molecule has 6 heteroatoms. The number of imidazole rings is 1. The number of nitrogens with zero attached hydrogens (tertiary/aromatic N) is 2. The van der Waals surface area contributed by atoms with E-state index < -0.39 is 0 Å². The number of aromatic nitrogens is 2. The van der Waals surface area contributed by atoms with Crippen LogP contribution in [-0.2, 0) is 0 Å². The lowest BCUT2D eigenvalue weighted by Crippen LogP contribution is -2.27. The van der Waals surface area contributed by atoms with Crippen LogP contribution in [0.15, 0.2) is 41.3 Å². The molecule has 0 spiro atoms. The number of hydrogen-bond donors (Lipinski definition) is 2. The van der Waals surface area contributed by atoms with E-state index in [0.29, 0.717) is 17.1 Å². The zero-order valence-electron chi connectivity index (χ0n) is 15.4. The highest BCUT2D eigenvalue weighted by molar-refractivity contribution is 5.81. The van der Waals surface area contributed by atoms with Gasteiger partial charge in [0.05, 0.1) is 17.1 Å². The van der Waals surface area contributed by atoms with E-state index in [1.807, 2.05) is 0 Å². The quantitative estimate of drug-likeness (QED) is 0.657. The molecule has 1 aromatic carbocycles. The van der Waals surface area contributed by atoms with E-state index in [9.17, 15) is 9.18 Å². The van der Waals surface area contributed by atoms with E-state index in [0.717, 1.165) is 38.3 Å². The number of rotatable bonds is 9. The van der Waals surface area contributed by atoms with Gasteiger partial charge in [0.25, 0.3) is 0 Å². The van der Waals surface area contributed by atoms with Crippen molar-refractivity contribution < 1.29 is 4.39 Å². The molecule has 0 aliphatic carbocycles. The molecule has 1 unspecified atom stereocenters. The minimum atomic E-state index is -0.363. The topological polar surface area (TPSA) is 76.8 Å². The Morgan fingerprint density at radius 2 is 1.92 bits per heavy atom. The molecule has 0 radical (unpaired) electrons. The van der Waals surface area contributed by atoms with Gasteiger partial charge in [-0.25, -0.2) is 9.18 Å². The fourth-order valence-corrected chi connectivity index (χ4v) is 3.14. The smallest absolute Gasteiger partial charge is 0.333 e. The Morgan fingerprint density at radius 1 is 1.23 bits per heavy atom. The first-order chi connectivity index (χ1) is 12.5. The van der Waals surface area contributed by atoms with E-state index in [4.69, 9.17) is 11.1 Å². The molecule has 2 aromatic rings. The van der Waals surface area contributed by atoms with Crippen molar-refractivity contribution in [3.05, 3.63) is 58.5 Å². The molecular formula is C20H27FN4O. The maximum Gasteiger partial charge on any atom is 0.333 e. The van der Waals surface area contributed by atoms with Crippen LogP contribution in [0, 0.1) is 11.2 Å². The van der Waals surface area contributed by atoms with Gasteiger partial charge >= 0.3 is 5.69 Å². The Morgan fingerprint density at radius 3 is 2.50 bits per heavy atom. The Bertz CT molecular complexity index is 817. The normalized spacial score (nSPS) is 13.0. The Labute approximate surface area is 153 Å². The van der Waals surface area contributed by atoms with E-state index in [1.54, 1.807) is 22.9 Å². The van der Waals surface area contributed by atoms with Crippen molar-refractivity contribution in [2.45, 2.75) is 52.0 Å². The summed E-state index contributed by atoms with van der Waals surface area (Å²) in [5.74, 6) is -0.363. The summed E-state index contributed by atoms with van der Waals surface area (Å²) in [7, 11) is 0. The molecule has 0 saturated heterocycles. The molecule has 140 valence electrons. The summed E-state index contributed by atoms with van der Waals surface area (Å²) in [6, 6.07) is 5.85. The lowest BCUT2D eigenvalue weighted by molar-refractivity contribution is 0.406. The van der Waals surface area contributed by atoms with E-state index in [-0.39, 0.29) is 17.5 Å². The Balaban J connectivity index is 2.63. The first kappa shape index (κ1) is 19.7. The molecule has 1 aromatic heterocycles. The molecule has 0 saturated carbocycles. The summed E-state index contributed by atoms with van der Waals surface area (Å²) < 4.78 is 16.5. The van der Waals surface area contributed by atoms with Gasteiger partial charge < -0.3 is 11.1 Å².